The Labute approximate surface area is 94.2 Å². The molecular weight excluding hydrogens is 206 g/mol. The number of hydrogen-bond acceptors (Lipinski definition) is 3. The highest BCUT2D eigenvalue weighted by atomic mass is 16.2. The lowest BCUT2D eigenvalue weighted by molar-refractivity contribution is -0.143. The minimum absolute atomic E-state index is 0.0523. The molecule has 2 fully saturated rings. The summed E-state index contributed by atoms with van der Waals surface area (Å²) in [4.78, 5) is 24.1. The van der Waals surface area contributed by atoms with Gasteiger partial charge in [-0.1, -0.05) is 0 Å². The lowest BCUT2D eigenvalue weighted by atomic mass is 9.78. The summed E-state index contributed by atoms with van der Waals surface area (Å²) in [6.45, 7) is 0.718. The van der Waals surface area contributed by atoms with E-state index < -0.39 is 11.3 Å². The standard InChI is InChI=1S/C11H15N3O2/c12-5-11(4-9(13)15)6-14(7-11)10(16)3-8-1-2-8/h8H,1-4,6-7H2,(H2,13,15). The summed E-state index contributed by atoms with van der Waals surface area (Å²) >= 11 is 0. The number of hydrogen-bond donors (Lipinski definition) is 1. The van der Waals surface area contributed by atoms with E-state index in [2.05, 4.69) is 6.07 Å². The van der Waals surface area contributed by atoms with Gasteiger partial charge in [-0.2, -0.15) is 5.26 Å². The predicted octanol–water partition coefficient (Wildman–Crippen LogP) is 0.0141. The van der Waals surface area contributed by atoms with E-state index in [9.17, 15) is 9.59 Å². The average Bonchev–Trinajstić information content (AvgIpc) is 2.93. The maximum absolute atomic E-state index is 11.7. The van der Waals surface area contributed by atoms with Gasteiger partial charge >= 0.3 is 0 Å². The second kappa shape index (κ2) is 3.78. The first kappa shape index (κ1) is 10.9. The van der Waals surface area contributed by atoms with Crippen molar-refractivity contribution in [3.05, 3.63) is 0 Å². The van der Waals surface area contributed by atoms with Gasteiger partial charge in [-0.25, -0.2) is 0 Å². The molecule has 16 heavy (non-hydrogen) atoms. The zero-order chi connectivity index (χ0) is 11.8. The van der Waals surface area contributed by atoms with E-state index in [-0.39, 0.29) is 12.3 Å². The molecule has 5 heteroatoms. The van der Waals surface area contributed by atoms with Crippen LogP contribution in [0.25, 0.3) is 0 Å². The van der Waals surface area contributed by atoms with E-state index in [1.165, 1.54) is 0 Å². The zero-order valence-electron chi connectivity index (χ0n) is 9.11. The van der Waals surface area contributed by atoms with E-state index in [4.69, 9.17) is 11.0 Å². The first-order valence-electron chi connectivity index (χ1n) is 5.52. The fraction of sp³-hybridized carbons (Fsp3) is 0.727. The molecule has 2 N–H and O–H groups in total. The van der Waals surface area contributed by atoms with Crippen molar-refractivity contribution in [2.45, 2.75) is 25.7 Å². The van der Waals surface area contributed by atoms with Crippen molar-refractivity contribution >= 4 is 11.8 Å². The Morgan fingerprint density at radius 3 is 2.50 bits per heavy atom. The molecule has 1 saturated heterocycles. The highest BCUT2D eigenvalue weighted by molar-refractivity contribution is 5.80. The normalized spacial score (nSPS) is 22.1. The number of amides is 2. The second-order valence-corrected chi connectivity index (χ2v) is 4.93. The highest BCUT2D eigenvalue weighted by Crippen LogP contribution is 2.37. The fourth-order valence-electron chi connectivity index (χ4n) is 2.11. The Balaban J connectivity index is 1.84. The van der Waals surface area contributed by atoms with Gasteiger partial charge in [0.2, 0.25) is 11.8 Å². The molecule has 1 saturated carbocycles. The van der Waals surface area contributed by atoms with Crippen LogP contribution in [-0.4, -0.2) is 29.8 Å². The third kappa shape index (κ3) is 2.16. The van der Waals surface area contributed by atoms with E-state index in [1.54, 1.807) is 4.90 Å². The van der Waals surface area contributed by atoms with Crippen molar-refractivity contribution in [1.29, 1.82) is 5.26 Å². The van der Waals surface area contributed by atoms with Gasteiger partial charge in [0, 0.05) is 25.9 Å². The molecule has 0 bridgehead atoms. The molecule has 2 amide bonds. The number of carbonyl (C=O) groups is 2. The fourth-order valence-corrected chi connectivity index (χ4v) is 2.11. The third-order valence-electron chi connectivity index (χ3n) is 3.25. The second-order valence-electron chi connectivity index (χ2n) is 4.93. The first-order valence-corrected chi connectivity index (χ1v) is 5.52. The highest BCUT2D eigenvalue weighted by Gasteiger charge is 2.47. The van der Waals surface area contributed by atoms with Gasteiger partial charge < -0.3 is 10.6 Å². The zero-order valence-corrected chi connectivity index (χ0v) is 9.11. The van der Waals surface area contributed by atoms with Crippen LogP contribution in [-0.2, 0) is 9.59 Å². The van der Waals surface area contributed by atoms with Crippen LogP contribution >= 0.6 is 0 Å². The van der Waals surface area contributed by atoms with Gasteiger partial charge in [0.05, 0.1) is 6.07 Å². The van der Waals surface area contributed by atoms with Crippen molar-refractivity contribution in [1.82, 2.24) is 4.90 Å². The molecule has 0 spiro atoms. The molecule has 86 valence electrons. The molecule has 1 aliphatic carbocycles. The van der Waals surface area contributed by atoms with Gasteiger partial charge in [-0.15, -0.1) is 0 Å². The molecule has 5 nitrogen and oxygen atoms in total. The molecule has 0 aromatic rings. The van der Waals surface area contributed by atoms with Gasteiger partial charge in [0.1, 0.15) is 5.41 Å². The summed E-state index contributed by atoms with van der Waals surface area (Å²) in [6, 6.07) is 2.11. The van der Waals surface area contributed by atoms with Crippen molar-refractivity contribution in [3.8, 4) is 6.07 Å². The molecule has 0 aromatic carbocycles. The summed E-state index contributed by atoms with van der Waals surface area (Å²) in [5.41, 5.74) is 4.37. The summed E-state index contributed by atoms with van der Waals surface area (Å²) in [7, 11) is 0. The number of nitrogens with zero attached hydrogens (tertiary/aromatic N) is 2. The van der Waals surface area contributed by atoms with Crippen molar-refractivity contribution in [2.75, 3.05) is 13.1 Å². The number of likely N-dealkylation sites (tertiary alicyclic amines) is 1. The van der Waals surface area contributed by atoms with Gasteiger partial charge in [-0.05, 0) is 18.8 Å². The first-order chi connectivity index (χ1) is 7.54. The molecule has 0 atom stereocenters. The van der Waals surface area contributed by atoms with E-state index in [0.717, 1.165) is 12.8 Å². The molecule has 1 heterocycles. The number of nitriles is 1. The number of nitrogens with two attached hydrogens (primary N) is 1. The van der Waals surface area contributed by atoms with Gasteiger partial charge in [-0.3, -0.25) is 9.59 Å². The van der Waals surface area contributed by atoms with Crippen LogP contribution in [0.15, 0.2) is 0 Å². The SMILES string of the molecule is N#CC1(CC(N)=O)CN(C(=O)CC2CC2)C1. The van der Waals surface area contributed by atoms with Crippen molar-refractivity contribution < 1.29 is 9.59 Å². The predicted molar refractivity (Wildman–Crippen MR) is 55.8 cm³/mol. The van der Waals surface area contributed by atoms with Crippen LogP contribution in [0.3, 0.4) is 0 Å². The smallest absolute Gasteiger partial charge is 0.222 e. The number of carbonyl (C=O) groups excluding carboxylic acids is 2. The van der Waals surface area contributed by atoms with Crippen molar-refractivity contribution in [2.24, 2.45) is 17.1 Å². The van der Waals surface area contributed by atoms with Gasteiger partial charge in [0.25, 0.3) is 0 Å². The largest absolute Gasteiger partial charge is 0.370 e. The Hall–Kier alpha value is -1.57. The lowest BCUT2D eigenvalue weighted by Gasteiger charge is -2.45. The Morgan fingerprint density at radius 2 is 2.06 bits per heavy atom. The Morgan fingerprint density at radius 1 is 1.44 bits per heavy atom. The molecule has 0 unspecified atom stereocenters. The average molecular weight is 221 g/mol. The molecular formula is C11H15N3O2. The molecule has 2 rings (SSSR count). The summed E-state index contributed by atoms with van der Waals surface area (Å²) < 4.78 is 0. The molecule has 2 aliphatic rings. The minimum atomic E-state index is -0.717. The summed E-state index contributed by atoms with van der Waals surface area (Å²) in [5.74, 6) is 0.189. The minimum Gasteiger partial charge on any atom is -0.370 e. The number of primary amides is 1. The van der Waals surface area contributed by atoms with Crippen LogP contribution < -0.4 is 5.73 Å². The van der Waals surface area contributed by atoms with E-state index in [0.29, 0.717) is 25.4 Å². The summed E-state index contributed by atoms with van der Waals surface area (Å²) in [6.07, 6.45) is 2.93. The topological polar surface area (TPSA) is 87.2 Å². The van der Waals surface area contributed by atoms with Crippen LogP contribution in [0, 0.1) is 22.7 Å². The van der Waals surface area contributed by atoms with Gasteiger partial charge in [0.15, 0.2) is 0 Å². The van der Waals surface area contributed by atoms with E-state index >= 15 is 0 Å². The quantitative estimate of drug-likeness (QED) is 0.725. The Kier molecular flexibility index (Phi) is 2.58. The van der Waals surface area contributed by atoms with Crippen molar-refractivity contribution in [3.63, 3.8) is 0 Å². The number of rotatable bonds is 4. The lowest BCUT2D eigenvalue weighted by Crippen LogP contribution is -2.59. The molecule has 1 aliphatic heterocycles. The molecule has 0 radical (unpaired) electrons. The van der Waals surface area contributed by atoms with Crippen LogP contribution in [0.5, 0.6) is 0 Å². The Bertz CT molecular complexity index is 362. The maximum atomic E-state index is 11.7. The summed E-state index contributed by atoms with van der Waals surface area (Å²) in [5, 5.41) is 8.98. The third-order valence-corrected chi connectivity index (χ3v) is 3.25. The maximum Gasteiger partial charge on any atom is 0.222 e. The van der Waals surface area contributed by atoms with Crippen LogP contribution in [0.2, 0.25) is 0 Å². The van der Waals surface area contributed by atoms with Crippen LogP contribution in [0.1, 0.15) is 25.7 Å². The molecule has 0 aromatic heterocycles. The monoisotopic (exact) mass is 221 g/mol. The van der Waals surface area contributed by atoms with Crippen LogP contribution in [0.4, 0.5) is 0 Å². The van der Waals surface area contributed by atoms with E-state index in [1.807, 2.05) is 0 Å².